The van der Waals surface area contributed by atoms with E-state index in [0.29, 0.717) is 25.8 Å². The van der Waals surface area contributed by atoms with Gasteiger partial charge in [0.1, 0.15) is 6.04 Å². The highest BCUT2D eigenvalue weighted by atomic mass is 32.1. The molecule has 0 spiro atoms. The number of hydrogen-bond acceptors (Lipinski definition) is 6. The summed E-state index contributed by atoms with van der Waals surface area (Å²) in [6.45, 7) is 12.4. The van der Waals surface area contributed by atoms with Crippen molar-refractivity contribution in [2.75, 3.05) is 27.2 Å². The van der Waals surface area contributed by atoms with E-state index >= 15 is 0 Å². The summed E-state index contributed by atoms with van der Waals surface area (Å²) in [6.07, 6.45) is 4.80. The Kier molecular flexibility index (Phi) is 20.2. The van der Waals surface area contributed by atoms with Gasteiger partial charge in [0.05, 0.1) is 11.8 Å². The van der Waals surface area contributed by atoms with Crippen LogP contribution in [0.4, 0.5) is 0 Å². The summed E-state index contributed by atoms with van der Waals surface area (Å²) in [7, 11) is 3.07. The van der Waals surface area contributed by atoms with Gasteiger partial charge in [0.2, 0.25) is 29.5 Å². The van der Waals surface area contributed by atoms with E-state index in [2.05, 4.69) is 51.0 Å². The summed E-state index contributed by atoms with van der Waals surface area (Å²) in [5.74, 6) is -1.41. The smallest absolute Gasteiger partial charge is 0.243 e. The quantitative estimate of drug-likeness (QED) is 0.222. The third kappa shape index (κ3) is 14.1. The van der Waals surface area contributed by atoms with Crippen molar-refractivity contribution >= 4 is 42.2 Å². The molecule has 1 rings (SSSR count). The molecule has 10 heteroatoms. The molecule has 0 aromatic carbocycles. The fraction of sp³-hybridized carbons (Fsp3) is 0.800. The minimum Gasteiger partial charge on any atom is -0.358 e. The van der Waals surface area contributed by atoms with Crippen LogP contribution < -0.4 is 10.6 Å². The molecule has 2 atom stereocenters. The Morgan fingerprint density at radius 3 is 2.03 bits per heavy atom. The average molecular weight is 517 g/mol. The molecule has 1 aliphatic rings. The monoisotopic (exact) mass is 516 g/mol. The van der Waals surface area contributed by atoms with Crippen molar-refractivity contribution in [1.29, 1.82) is 0 Å². The van der Waals surface area contributed by atoms with Crippen molar-refractivity contribution < 1.29 is 24.0 Å². The molecule has 0 aromatic heterocycles. The lowest BCUT2D eigenvalue weighted by Gasteiger charge is -2.30. The molecule has 5 amide bonds. The Morgan fingerprint density at radius 1 is 1.06 bits per heavy atom. The molecule has 0 aromatic rings. The SMILES string of the molecule is CCC.CCC.CNC(=O)CNC(=O)C(C(C)C)N(C)C(=O)CCCCCN1C(=O)CC(S)C1=O. The number of likely N-dealkylation sites (N-methyl/N-ethyl adjacent to an activating group) is 2. The molecule has 0 bridgehead atoms. The van der Waals surface area contributed by atoms with E-state index in [0.717, 1.165) is 0 Å². The lowest BCUT2D eigenvalue weighted by Crippen LogP contribution is -2.52. The van der Waals surface area contributed by atoms with Crippen molar-refractivity contribution in [1.82, 2.24) is 20.4 Å². The third-order valence-electron chi connectivity index (χ3n) is 4.91. The molecule has 2 N–H and O–H groups in total. The van der Waals surface area contributed by atoms with Gasteiger partial charge in [0, 0.05) is 33.5 Å². The van der Waals surface area contributed by atoms with Crippen molar-refractivity contribution in [2.45, 2.75) is 97.8 Å². The molecular formula is C25H48N4O5S. The van der Waals surface area contributed by atoms with Crippen molar-refractivity contribution in [3.63, 3.8) is 0 Å². The maximum Gasteiger partial charge on any atom is 0.243 e. The van der Waals surface area contributed by atoms with Gasteiger partial charge in [-0.05, 0) is 18.8 Å². The highest BCUT2D eigenvalue weighted by molar-refractivity contribution is 7.81. The second kappa shape index (κ2) is 20.1. The van der Waals surface area contributed by atoms with Gasteiger partial charge in [-0.3, -0.25) is 28.9 Å². The van der Waals surface area contributed by atoms with Crippen molar-refractivity contribution in [2.24, 2.45) is 5.92 Å². The zero-order valence-corrected chi connectivity index (χ0v) is 23.9. The summed E-state index contributed by atoms with van der Waals surface area (Å²) in [5, 5.41) is 4.43. The number of nitrogens with zero attached hydrogens (tertiary/aromatic N) is 2. The summed E-state index contributed by atoms with van der Waals surface area (Å²) in [6, 6.07) is -0.667. The molecule has 1 aliphatic heterocycles. The Morgan fingerprint density at radius 2 is 1.60 bits per heavy atom. The van der Waals surface area contributed by atoms with Gasteiger partial charge in [-0.1, -0.05) is 60.8 Å². The number of likely N-dealkylation sites (tertiary alicyclic amines) is 1. The van der Waals surface area contributed by atoms with E-state index in [1.165, 1.54) is 29.7 Å². The van der Waals surface area contributed by atoms with Crippen LogP contribution in [0.5, 0.6) is 0 Å². The molecule has 9 nitrogen and oxygen atoms in total. The minimum absolute atomic E-state index is 0.116. The van der Waals surface area contributed by atoms with Crippen LogP contribution in [0.2, 0.25) is 0 Å². The Hall–Kier alpha value is -2.10. The first-order chi connectivity index (χ1) is 16.4. The number of amides is 5. The van der Waals surface area contributed by atoms with E-state index in [9.17, 15) is 24.0 Å². The molecule has 204 valence electrons. The number of thiol groups is 1. The van der Waals surface area contributed by atoms with Crippen LogP contribution in [0.1, 0.15) is 86.5 Å². The highest BCUT2D eigenvalue weighted by Gasteiger charge is 2.35. The van der Waals surface area contributed by atoms with Crippen LogP contribution in [0.15, 0.2) is 0 Å². The molecule has 1 saturated heterocycles. The van der Waals surface area contributed by atoms with Crippen molar-refractivity contribution in [3.05, 3.63) is 0 Å². The first-order valence-electron chi connectivity index (χ1n) is 12.7. The first kappa shape index (κ1) is 35.1. The van der Waals surface area contributed by atoms with Gasteiger partial charge >= 0.3 is 0 Å². The van der Waals surface area contributed by atoms with Crippen LogP contribution >= 0.6 is 12.6 Å². The molecule has 0 aliphatic carbocycles. The maximum absolute atomic E-state index is 12.5. The molecule has 0 saturated carbocycles. The summed E-state index contributed by atoms with van der Waals surface area (Å²) in [5.41, 5.74) is 0. The van der Waals surface area contributed by atoms with Gasteiger partial charge in [0.25, 0.3) is 0 Å². The van der Waals surface area contributed by atoms with Gasteiger partial charge in [-0.15, -0.1) is 0 Å². The molecule has 1 fully saturated rings. The Labute approximate surface area is 217 Å². The normalized spacial score (nSPS) is 15.5. The average Bonchev–Trinajstić information content (AvgIpc) is 3.03. The predicted octanol–water partition coefficient (Wildman–Crippen LogP) is 2.78. The first-order valence-corrected chi connectivity index (χ1v) is 13.2. The number of rotatable bonds is 11. The van der Waals surface area contributed by atoms with E-state index < -0.39 is 11.3 Å². The summed E-state index contributed by atoms with van der Waals surface area (Å²) in [4.78, 5) is 62.4. The van der Waals surface area contributed by atoms with Crippen LogP contribution in [0, 0.1) is 5.92 Å². The van der Waals surface area contributed by atoms with Gasteiger partial charge in [0.15, 0.2) is 0 Å². The number of unbranched alkanes of at least 4 members (excludes halogenated alkanes) is 2. The zero-order valence-electron chi connectivity index (χ0n) is 23.0. The van der Waals surface area contributed by atoms with E-state index in [-0.39, 0.29) is 54.8 Å². The lowest BCUT2D eigenvalue weighted by molar-refractivity contribution is -0.141. The van der Waals surface area contributed by atoms with Crippen molar-refractivity contribution in [3.8, 4) is 0 Å². The Balaban J connectivity index is 0. The number of hydrogen-bond donors (Lipinski definition) is 3. The maximum atomic E-state index is 12.5. The predicted molar refractivity (Wildman–Crippen MR) is 143 cm³/mol. The molecule has 2 unspecified atom stereocenters. The second-order valence-corrected chi connectivity index (χ2v) is 9.54. The van der Waals surface area contributed by atoms with E-state index in [1.54, 1.807) is 7.05 Å². The number of imide groups is 1. The largest absolute Gasteiger partial charge is 0.358 e. The molecular weight excluding hydrogens is 468 g/mol. The highest BCUT2D eigenvalue weighted by Crippen LogP contribution is 2.19. The number of carbonyl (C=O) groups excluding carboxylic acids is 5. The van der Waals surface area contributed by atoms with Crippen LogP contribution in [0.3, 0.4) is 0 Å². The second-order valence-electron chi connectivity index (χ2n) is 8.91. The fourth-order valence-electron chi connectivity index (χ4n) is 3.24. The van der Waals surface area contributed by atoms with E-state index in [1.807, 2.05) is 13.8 Å². The van der Waals surface area contributed by atoms with Crippen LogP contribution in [-0.2, 0) is 24.0 Å². The number of nitrogens with one attached hydrogen (secondary N) is 2. The van der Waals surface area contributed by atoms with Crippen LogP contribution in [0.25, 0.3) is 0 Å². The number of carbonyl (C=O) groups is 5. The fourth-order valence-corrected chi connectivity index (χ4v) is 3.54. The van der Waals surface area contributed by atoms with E-state index in [4.69, 9.17) is 0 Å². The zero-order chi connectivity index (χ0) is 27.6. The topological polar surface area (TPSA) is 116 Å². The lowest BCUT2D eigenvalue weighted by atomic mass is 10.0. The summed E-state index contributed by atoms with van der Waals surface area (Å²) < 4.78 is 0. The minimum atomic E-state index is -0.667. The molecule has 35 heavy (non-hydrogen) atoms. The van der Waals surface area contributed by atoms with Crippen LogP contribution in [-0.4, -0.2) is 77.8 Å². The van der Waals surface area contributed by atoms with Gasteiger partial charge in [-0.2, -0.15) is 12.6 Å². The molecule has 1 heterocycles. The van der Waals surface area contributed by atoms with Gasteiger partial charge in [-0.25, -0.2) is 0 Å². The third-order valence-corrected chi connectivity index (χ3v) is 5.31. The molecule has 0 radical (unpaired) electrons. The standard InChI is InChI=1S/C19H32N4O5S.2C3H8/c1-12(2)17(18(27)21-11-14(24)20-3)22(4)15(25)8-6-5-7-9-23-16(26)10-13(29)19(23)28;2*1-3-2/h12-13,17,29H,5-11H2,1-4H3,(H,20,24)(H,21,27);2*3H2,1-2H3. The van der Waals surface area contributed by atoms with Gasteiger partial charge < -0.3 is 15.5 Å². The summed E-state index contributed by atoms with van der Waals surface area (Å²) >= 11 is 4.09. The Bertz CT molecular complexity index is 670.